The van der Waals surface area contributed by atoms with Crippen molar-refractivity contribution in [2.75, 3.05) is 32.7 Å². The Balaban J connectivity index is 2.56. The third kappa shape index (κ3) is 5.59. The number of carbonyl (C=O) groups is 1. The van der Waals surface area contributed by atoms with E-state index in [1.807, 2.05) is 0 Å². The van der Waals surface area contributed by atoms with Crippen LogP contribution in [0.2, 0.25) is 0 Å². The van der Waals surface area contributed by atoms with Gasteiger partial charge in [0.1, 0.15) is 0 Å². The number of aliphatic carboxylic acids is 1. The maximum Gasteiger partial charge on any atom is 0.308 e. The average Bonchev–Trinajstić information content (AvgIpc) is 2.47. The van der Waals surface area contributed by atoms with Crippen molar-refractivity contribution in [1.29, 1.82) is 0 Å². The Hall–Kier alpha value is -0.610. The smallest absolute Gasteiger partial charge is 0.308 e. The van der Waals surface area contributed by atoms with Crippen LogP contribution in [0.15, 0.2) is 0 Å². The second-order valence-corrected chi connectivity index (χ2v) is 6.44. The van der Waals surface area contributed by atoms with E-state index in [9.17, 15) is 9.90 Å². The van der Waals surface area contributed by atoms with Crippen molar-refractivity contribution in [3.05, 3.63) is 0 Å². The molecule has 0 aliphatic heterocycles. The molecule has 21 heavy (non-hydrogen) atoms. The molecule has 1 rings (SSSR count). The highest BCUT2D eigenvalue weighted by molar-refractivity contribution is 5.71. The molecule has 0 heterocycles. The first-order chi connectivity index (χ1) is 10.0. The number of hydrogen-bond acceptors (Lipinski definition) is 3. The summed E-state index contributed by atoms with van der Waals surface area (Å²) in [7, 11) is 0. The van der Waals surface area contributed by atoms with E-state index in [1.54, 1.807) is 0 Å². The molecule has 4 nitrogen and oxygen atoms in total. The van der Waals surface area contributed by atoms with Crippen LogP contribution in [0, 0.1) is 11.8 Å². The molecule has 1 N–H and O–H groups in total. The van der Waals surface area contributed by atoms with E-state index in [1.165, 1.54) is 0 Å². The lowest BCUT2D eigenvalue weighted by Crippen LogP contribution is -2.47. The largest absolute Gasteiger partial charge is 0.481 e. The van der Waals surface area contributed by atoms with E-state index in [-0.39, 0.29) is 12.0 Å². The molecule has 1 aliphatic rings. The Bertz CT molecular complexity index is 305. The Morgan fingerprint density at radius 3 is 2.29 bits per heavy atom. The Morgan fingerprint density at radius 1 is 1.10 bits per heavy atom. The molecule has 0 bridgehead atoms. The van der Waals surface area contributed by atoms with Gasteiger partial charge in [0.15, 0.2) is 0 Å². The molecule has 0 aromatic heterocycles. The van der Waals surface area contributed by atoms with E-state index in [0.29, 0.717) is 5.92 Å². The fourth-order valence-corrected chi connectivity index (χ4v) is 3.64. The Labute approximate surface area is 130 Å². The summed E-state index contributed by atoms with van der Waals surface area (Å²) in [6, 6.07) is 0.230. The number of nitrogens with zero attached hydrogens (tertiary/aromatic N) is 2. The third-order valence-electron chi connectivity index (χ3n) is 5.09. The van der Waals surface area contributed by atoms with Gasteiger partial charge >= 0.3 is 5.97 Å². The predicted molar refractivity (Wildman–Crippen MR) is 87.6 cm³/mol. The van der Waals surface area contributed by atoms with Crippen molar-refractivity contribution in [3.8, 4) is 0 Å². The lowest BCUT2D eigenvalue weighted by Gasteiger charge is -2.40. The second kappa shape index (κ2) is 9.42. The van der Waals surface area contributed by atoms with Crippen molar-refractivity contribution in [1.82, 2.24) is 9.80 Å². The van der Waals surface area contributed by atoms with Gasteiger partial charge in [-0.1, -0.05) is 27.7 Å². The summed E-state index contributed by atoms with van der Waals surface area (Å²) >= 11 is 0. The van der Waals surface area contributed by atoms with Gasteiger partial charge in [-0.05, 0) is 64.3 Å². The number of carboxylic acid groups (broad SMARTS) is 1. The maximum absolute atomic E-state index is 11.5. The van der Waals surface area contributed by atoms with E-state index in [4.69, 9.17) is 0 Å². The van der Waals surface area contributed by atoms with Gasteiger partial charge in [0, 0.05) is 6.04 Å². The highest BCUT2D eigenvalue weighted by atomic mass is 16.4. The SMILES string of the molecule is CCN(CC)CCCN(CC)C1CC(C)CCC1C(=O)O. The van der Waals surface area contributed by atoms with Crippen LogP contribution in [0.25, 0.3) is 0 Å². The molecule has 0 aromatic rings. The van der Waals surface area contributed by atoms with Crippen LogP contribution in [0.1, 0.15) is 53.4 Å². The minimum atomic E-state index is -0.603. The topological polar surface area (TPSA) is 43.8 Å². The molecule has 124 valence electrons. The third-order valence-corrected chi connectivity index (χ3v) is 5.09. The summed E-state index contributed by atoms with van der Waals surface area (Å²) < 4.78 is 0. The van der Waals surface area contributed by atoms with Crippen LogP contribution >= 0.6 is 0 Å². The molecule has 1 aliphatic carbocycles. The highest BCUT2D eigenvalue weighted by Gasteiger charge is 2.36. The molecule has 0 spiro atoms. The summed E-state index contributed by atoms with van der Waals surface area (Å²) in [6.07, 6.45) is 4.07. The van der Waals surface area contributed by atoms with Crippen molar-refractivity contribution >= 4 is 5.97 Å². The summed E-state index contributed by atoms with van der Waals surface area (Å²) in [5, 5.41) is 9.49. The molecule has 1 fully saturated rings. The first-order valence-corrected chi connectivity index (χ1v) is 8.72. The average molecular weight is 298 g/mol. The normalized spacial score (nSPS) is 26.5. The van der Waals surface area contributed by atoms with Crippen molar-refractivity contribution in [2.24, 2.45) is 11.8 Å². The zero-order valence-electron chi connectivity index (χ0n) is 14.3. The summed E-state index contributed by atoms with van der Waals surface area (Å²) in [5.74, 6) is -0.119. The second-order valence-electron chi connectivity index (χ2n) is 6.44. The summed E-state index contributed by atoms with van der Waals surface area (Å²) in [5.41, 5.74) is 0. The van der Waals surface area contributed by atoms with Gasteiger partial charge in [-0.2, -0.15) is 0 Å². The molecular weight excluding hydrogens is 264 g/mol. The van der Waals surface area contributed by atoms with E-state index in [0.717, 1.165) is 58.4 Å². The van der Waals surface area contributed by atoms with E-state index >= 15 is 0 Å². The molecule has 1 saturated carbocycles. The van der Waals surface area contributed by atoms with Crippen LogP contribution in [0.3, 0.4) is 0 Å². The number of rotatable bonds is 9. The van der Waals surface area contributed by atoms with Crippen molar-refractivity contribution in [2.45, 2.75) is 59.4 Å². The van der Waals surface area contributed by atoms with Crippen LogP contribution in [0.5, 0.6) is 0 Å². The lowest BCUT2D eigenvalue weighted by molar-refractivity contribution is -0.146. The maximum atomic E-state index is 11.5. The molecule has 4 heteroatoms. The zero-order valence-corrected chi connectivity index (χ0v) is 14.3. The molecular formula is C17H34N2O2. The number of hydrogen-bond donors (Lipinski definition) is 1. The Kier molecular flexibility index (Phi) is 8.27. The molecule has 0 radical (unpaired) electrons. The molecule has 0 amide bonds. The number of carboxylic acids is 1. The first-order valence-electron chi connectivity index (χ1n) is 8.72. The lowest BCUT2D eigenvalue weighted by atomic mass is 9.78. The van der Waals surface area contributed by atoms with Gasteiger partial charge in [-0.3, -0.25) is 9.69 Å². The van der Waals surface area contributed by atoms with Crippen LogP contribution in [-0.4, -0.2) is 59.6 Å². The van der Waals surface area contributed by atoms with Gasteiger partial charge in [-0.25, -0.2) is 0 Å². The van der Waals surface area contributed by atoms with Crippen molar-refractivity contribution in [3.63, 3.8) is 0 Å². The van der Waals surface area contributed by atoms with Gasteiger partial charge in [-0.15, -0.1) is 0 Å². The minimum absolute atomic E-state index is 0.172. The monoisotopic (exact) mass is 298 g/mol. The molecule has 0 aromatic carbocycles. The van der Waals surface area contributed by atoms with Crippen molar-refractivity contribution < 1.29 is 9.90 Å². The van der Waals surface area contributed by atoms with Gasteiger partial charge in [0.05, 0.1) is 5.92 Å². The van der Waals surface area contributed by atoms with E-state index < -0.39 is 5.97 Å². The van der Waals surface area contributed by atoms with Crippen LogP contribution < -0.4 is 0 Å². The standard InChI is InChI=1S/C17H34N2O2/c1-5-18(6-2)11-8-12-19(7-3)16-13-14(4)9-10-15(16)17(20)21/h14-16H,5-13H2,1-4H3,(H,20,21). The summed E-state index contributed by atoms with van der Waals surface area (Å²) in [6.45, 7) is 14.1. The Morgan fingerprint density at radius 2 is 1.76 bits per heavy atom. The highest BCUT2D eigenvalue weighted by Crippen LogP contribution is 2.32. The van der Waals surface area contributed by atoms with Gasteiger partial charge in [0.2, 0.25) is 0 Å². The minimum Gasteiger partial charge on any atom is -0.481 e. The van der Waals surface area contributed by atoms with Gasteiger partial charge in [0.25, 0.3) is 0 Å². The zero-order chi connectivity index (χ0) is 15.8. The molecule has 3 atom stereocenters. The van der Waals surface area contributed by atoms with Crippen LogP contribution in [-0.2, 0) is 4.79 Å². The van der Waals surface area contributed by atoms with Crippen LogP contribution in [0.4, 0.5) is 0 Å². The molecule has 0 saturated heterocycles. The summed E-state index contributed by atoms with van der Waals surface area (Å²) in [4.78, 5) is 16.4. The van der Waals surface area contributed by atoms with E-state index in [2.05, 4.69) is 37.5 Å². The first kappa shape index (κ1) is 18.4. The fourth-order valence-electron chi connectivity index (χ4n) is 3.64. The fraction of sp³-hybridized carbons (Fsp3) is 0.941. The quantitative estimate of drug-likeness (QED) is 0.711. The predicted octanol–water partition coefficient (Wildman–Crippen LogP) is 2.93. The molecule has 3 unspecified atom stereocenters. The van der Waals surface area contributed by atoms with Gasteiger partial charge < -0.3 is 10.0 Å².